The van der Waals surface area contributed by atoms with Gasteiger partial charge in [0.1, 0.15) is 5.73 Å². The summed E-state index contributed by atoms with van der Waals surface area (Å²) >= 11 is 0. The van der Waals surface area contributed by atoms with E-state index in [9.17, 15) is 0 Å². The minimum absolute atomic E-state index is 0.389. The Labute approximate surface area is 148 Å². The molecule has 0 radical (unpaired) electrons. The van der Waals surface area contributed by atoms with Crippen molar-refractivity contribution in [1.29, 1.82) is 0 Å². The number of fused-ring (bicyclic) bond motifs is 2. The molecule has 1 N–H and O–H groups in total. The van der Waals surface area contributed by atoms with E-state index >= 15 is 4.39 Å². The average Bonchev–Trinajstić information content (AvgIpc) is 2.80. The summed E-state index contributed by atoms with van der Waals surface area (Å²) < 4.78 is 27.5. The molecule has 128 valence electrons. The molecule has 2 heterocycles. The van der Waals surface area contributed by atoms with Crippen molar-refractivity contribution >= 4 is 24.1 Å². The molecule has 25 heavy (non-hydrogen) atoms. The Hall–Kier alpha value is -2.11. The molecule has 0 atom stereocenters. The Bertz CT molecular complexity index is 812. The number of hydrogen-bond acceptors (Lipinski definition) is 3. The van der Waals surface area contributed by atoms with E-state index in [-0.39, 0.29) is 5.73 Å². The summed E-state index contributed by atoms with van der Waals surface area (Å²) in [6.45, 7) is 7.70. The number of halogens is 1. The summed E-state index contributed by atoms with van der Waals surface area (Å²) in [4.78, 5) is 0. The molecular weight excluding hydrogens is 316 g/mol. The van der Waals surface area contributed by atoms with Crippen molar-refractivity contribution in [3.8, 4) is 0 Å². The first kappa shape index (κ1) is 16.4. The number of benzene rings is 2. The average molecular weight is 337 g/mol. The van der Waals surface area contributed by atoms with Crippen LogP contribution in [0.2, 0.25) is 0 Å². The lowest BCUT2D eigenvalue weighted by molar-refractivity contribution is 0.00578. The molecule has 0 saturated carbocycles. The number of anilines is 2. The summed E-state index contributed by atoms with van der Waals surface area (Å²) in [5, 5.41) is 3.37. The van der Waals surface area contributed by atoms with E-state index in [4.69, 9.17) is 9.31 Å². The molecule has 2 aliphatic rings. The predicted molar refractivity (Wildman–Crippen MR) is 99.4 cm³/mol. The first-order valence-electron chi connectivity index (χ1n) is 8.51. The van der Waals surface area contributed by atoms with Crippen LogP contribution in [0, 0.1) is 0 Å². The maximum absolute atomic E-state index is 15.6. The lowest BCUT2D eigenvalue weighted by Gasteiger charge is -2.32. The quantitative estimate of drug-likeness (QED) is 0.627. The highest BCUT2D eigenvalue weighted by molar-refractivity contribution is 6.55. The monoisotopic (exact) mass is 337 g/mol. The molecule has 2 aliphatic heterocycles. The van der Waals surface area contributed by atoms with Crippen molar-refractivity contribution in [2.45, 2.75) is 38.9 Å². The van der Waals surface area contributed by atoms with Gasteiger partial charge in [-0.05, 0) is 39.8 Å². The van der Waals surface area contributed by atoms with Gasteiger partial charge in [-0.15, -0.1) is 0 Å². The fourth-order valence-corrected chi connectivity index (χ4v) is 3.23. The van der Waals surface area contributed by atoms with Gasteiger partial charge in [0.15, 0.2) is 0 Å². The highest BCUT2D eigenvalue weighted by Gasteiger charge is 2.54. The van der Waals surface area contributed by atoms with Crippen molar-refractivity contribution < 1.29 is 13.7 Å². The Morgan fingerprint density at radius 2 is 1.28 bits per heavy atom. The maximum atomic E-state index is 15.6. The van der Waals surface area contributed by atoms with Gasteiger partial charge >= 0.3 is 7.12 Å². The van der Waals surface area contributed by atoms with Gasteiger partial charge < -0.3 is 14.6 Å². The van der Waals surface area contributed by atoms with Crippen LogP contribution in [0.5, 0.6) is 0 Å². The summed E-state index contributed by atoms with van der Waals surface area (Å²) in [7, 11) is -1.01. The van der Waals surface area contributed by atoms with E-state index in [1.54, 1.807) is 0 Å². The molecule has 0 aromatic heterocycles. The van der Waals surface area contributed by atoms with Gasteiger partial charge in [0.25, 0.3) is 0 Å². The normalized spacial score (nSPS) is 19.9. The van der Waals surface area contributed by atoms with Crippen LogP contribution < -0.4 is 5.32 Å². The summed E-state index contributed by atoms with van der Waals surface area (Å²) in [5.41, 5.74) is 2.36. The number of nitrogens with one attached hydrogen (secondary N) is 1. The van der Waals surface area contributed by atoms with Crippen molar-refractivity contribution in [3.05, 3.63) is 65.4 Å². The van der Waals surface area contributed by atoms with Gasteiger partial charge in [0.2, 0.25) is 0 Å². The van der Waals surface area contributed by atoms with Crippen LogP contribution >= 0.6 is 0 Å². The van der Waals surface area contributed by atoms with E-state index in [1.165, 1.54) is 0 Å². The zero-order valence-corrected chi connectivity index (χ0v) is 14.9. The molecule has 0 unspecified atom stereocenters. The van der Waals surface area contributed by atoms with E-state index in [1.807, 2.05) is 76.2 Å². The zero-order valence-electron chi connectivity index (χ0n) is 14.9. The van der Waals surface area contributed by atoms with Crippen molar-refractivity contribution in [3.63, 3.8) is 0 Å². The Kier molecular flexibility index (Phi) is 3.57. The highest BCUT2D eigenvalue weighted by Crippen LogP contribution is 2.45. The van der Waals surface area contributed by atoms with Crippen LogP contribution in [0.25, 0.3) is 5.57 Å². The van der Waals surface area contributed by atoms with Crippen LogP contribution in [-0.4, -0.2) is 18.3 Å². The SMILES string of the molecule is CC1(C)OB(C(F)=C2c3ccccc3Nc3ccccc32)OC1(C)C. The van der Waals surface area contributed by atoms with Gasteiger partial charge in [-0.2, -0.15) is 0 Å². The topological polar surface area (TPSA) is 30.5 Å². The van der Waals surface area contributed by atoms with Crippen LogP contribution in [0.1, 0.15) is 38.8 Å². The van der Waals surface area contributed by atoms with Gasteiger partial charge in [-0.25, -0.2) is 4.39 Å². The lowest BCUT2D eigenvalue weighted by Crippen LogP contribution is -2.41. The van der Waals surface area contributed by atoms with Gasteiger partial charge in [0.05, 0.1) is 11.2 Å². The van der Waals surface area contributed by atoms with Crippen molar-refractivity contribution in [1.82, 2.24) is 0 Å². The Morgan fingerprint density at radius 1 is 0.840 bits per heavy atom. The van der Waals surface area contributed by atoms with Crippen LogP contribution in [0.15, 0.2) is 54.3 Å². The highest BCUT2D eigenvalue weighted by atomic mass is 19.1. The van der Waals surface area contributed by atoms with Crippen LogP contribution in [0.3, 0.4) is 0 Å². The first-order valence-corrected chi connectivity index (χ1v) is 8.51. The predicted octanol–water partition coefficient (Wildman–Crippen LogP) is 5.10. The molecule has 5 heteroatoms. The third kappa shape index (κ3) is 2.50. The summed E-state index contributed by atoms with van der Waals surface area (Å²) in [5.74, 6) is 0. The van der Waals surface area contributed by atoms with Gasteiger partial charge in [0, 0.05) is 28.1 Å². The molecule has 0 aliphatic carbocycles. The number of hydrogen-bond donors (Lipinski definition) is 1. The van der Waals surface area contributed by atoms with Crippen molar-refractivity contribution in [2.24, 2.45) is 0 Å². The maximum Gasteiger partial charge on any atom is 0.525 e. The van der Waals surface area contributed by atoms with E-state index < -0.39 is 18.3 Å². The number of rotatable bonds is 1. The minimum atomic E-state index is -1.01. The molecule has 2 aromatic carbocycles. The standard InChI is InChI=1S/C20H21BFNO2/c1-19(2)20(3,4)25-21(24-19)18(22)17-13-9-5-7-11-15(13)23-16-12-8-6-10-14(16)17/h5-12,23H,1-4H3. The molecule has 3 nitrogen and oxygen atoms in total. The third-order valence-corrected chi connectivity index (χ3v) is 5.36. The minimum Gasteiger partial charge on any atom is -0.398 e. The molecule has 4 rings (SSSR count). The lowest BCUT2D eigenvalue weighted by atomic mass is 9.78. The largest absolute Gasteiger partial charge is 0.525 e. The Morgan fingerprint density at radius 3 is 1.76 bits per heavy atom. The van der Waals surface area contributed by atoms with Crippen molar-refractivity contribution in [2.75, 3.05) is 5.32 Å². The number of para-hydroxylation sites is 2. The second-order valence-electron chi connectivity index (χ2n) is 7.53. The second-order valence-corrected chi connectivity index (χ2v) is 7.53. The van der Waals surface area contributed by atoms with Gasteiger partial charge in [-0.1, -0.05) is 36.4 Å². The molecule has 0 spiro atoms. The van der Waals surface area contributed by atoms with E-state index in [0.29, 0.717) is 5.57 Å². The first-order chi connectivity index (χ1) is 11.8. The summed E-state index contributed by atoms with van der Waals surface area (Å²) in [6.07, 6.45) is 0. The van der Waals surface area contributed by atoms with E-state index in [0.717, 1.165) is 22.5 Å². The molecule has 1 saturated heterocycles. The molecule has 1 fully saturated rings. The van der Waals surface area contributed by atoms with Crippen LogP contribution in [-0.2, 0) is 9.31 Å². The molecule has 0 bridgehead atoms. The Balaban J connectivity index is 1.89. The summed E-state index contributed by atoms with van der Waals surface area (Å²) in [6, 6.07) is 15.4. The van der Waals surface area contributed by atoms with Gasteiger partial charge in [-0.3, -0.25) is 0 Å². The molecule has 2 aromatic rings. The second kappa shape index (κ2) is 5.45. The molecular formula is C20H21BFNO2. The van der Waals surface area contributed by atoms with E-state index in [2.05, 4.69) is 5.32 Å². The fourth-order valence-electron chi connectivity index (χ4n) is 3.23. The molecule has 0 amide bonds. The fraction of sp³-hybridized carbons (Fsp3) is 0.300. The zero-order chi connectivity index (χ0) is 17.8. The third-order valence-electron chi connectivity index (χ3n) is 5.36. The smallest absolute Gasteiger partial charge is 0.398 e. The van der Waals surface area contributed by atoms with Crippen LogP contribution in [0.4, 0.5) is 15.8 Å².